The lowest BCUT2D eigenvalue weighted by molar-refractivity contribution is 0.855. The number of hydrogen-bond donors (Lipinski definition) is 0. The van der Waals surface area contributed by atoms with Crippen molar-refractivity contribution in [2.75, 3.05) is 0 Å². The summed E-state index contributed by atoms with van der Waals surface area (Å²) >= 11 is 0. The van der Waals surface area contributed by atoms with Crippen LogP contribution in [0.2, 0.25) is 0 Å². The molecule has 1 aromatic heterocycles. The minimum atomic E-state index is 0.681. The molecule has 0 unspecified atom stereocenters. The van der Waals surface area contributed by atoms with Crippen molar-refractivity contribution in [1.29, 1.82) is 5.26 Å². The minimum Gasteiger partial charge on any atom is -0.240 e. The number of hydrogen-bond acceptors (Lipinski definition) is 2. The topological polar surface area (TPSA) is 41.6 Å². The summed E-state index contributed by atoms with van der Waals surface area (Å²) in [5, 5.41) is 13.1. The highest BCUT2D eigenvalue weighted by molar-refractivity contribution is 5.45. The van der Waals surface area contributed by atoms with E-state index in [1.165, 1.54) is 0 Å². The van der Waals surface area contributed by atoms with Crippen LogP contribution in [0.15, 0.2) is 30.5 Å². The average Bonchev–Trinajstić information content (AvgIpc) is 2.64. The minimum absolute atomic E-state index is 0.681. The van der Waals surface area contributed by atoms with Gasteiger partial charge in [0.15, 0.2) is 0 Å². The highest BCUT2D eigenvalue weighted by Crippen LogP contribution is 2.14. The van der Waals surface area contributed by atoms with Gasteiger partial charge in [0.25, 0.3) is 0 Å². The van der Waals surface area contributed by atoms with Gasteiger partial charge in [0.1, 0.15) is 0 Å². The summed E-state index contributed by atoms with van der Waals surface area (Å²) < 4.78 is 1.83. The van der Waals surface area contributed by atoms with Crippen LogP contribution in [-0.4, -0.2) is 9.78 Å². The first kappa shape index (κ1) is 9.47. The normalized spacial score (nSPS) is 9.93. The number of nitriles is 1. The van der Waals surface area contributed by atoms with E-state index in [2.05, 4.69) is 11.2 Å². The van der Waals surface area contributed by atoms with Gasteiger partial charge in [-0.1, -0.05) is 0 Å². The van der Waals surface area contributed by atoms with Crippen LogP contribution >= 0.6 is 0 Å². The maximum Gasteiger partial charge on any atom is 0.0991 e. The monoisotopic (exact) mass is 197 g/mol. The van der Waals surface area contributed by atoms with E-state index in [9.17, 15) is 0 Å². The fourth-order valence-electron chi connectivity index (χ4n) is 1.53. The SMILES string of the molecule is Cc1ccn(-c2ccc(C#N)cc2C)n1. The van der Waals surface area contributed by atoms with Crippen LogP contribution in [0.5, 0.6) is 0 Å². The Hall–Kier alpha value is -2.08. The van der Waals surface area contributed by atoms with Crippen LogP contribution in [0.25, 0.3) is 5.69 Å². The molecule has 15 heavy (non-hydrogen) atoms. The molecule has 1 aromatic carbocycles. The van der Waals surface area contributed by atoms with Crippen LogP contribution in [0.3, 0.4) is 0 Å². The molecule has 0 radical (unpaired) electrons. The van der Waals surface area contributed by atoms with E-state index >= 15 is 0 Å². The van der Waals surface area contributed by atoms with E-state index in [1.54, 1.807) is 6.07 Å². The second-order valence-corrected chi connectivity index (χ2v) is 3.51. The Morgan fingerprint density at radius 1 is 1.27 bits per heavy atom. The van der Waals surface area contributed by atoms with Crippen molar-refractivity contribution in [2.45, 2.75) is 13.8 Å². The molecule has 0 atom stereocenters. The quantitative estimate of drug-likeness (QED) is 0.704. The molecule has 0 fully saturated rings. The summed E-state index contributed by atoms with van der Waals surface area (Å²) in [6, 6.07) is 9.67. The molecule has 0 aliphatic heterocycles. The third kappa shape index (κ3) is 1.75. The zero-order chi connectivity index (χ0) is 10.8. The largest absolute Gasteiger partial charge is 0.240 e. The molecule has 0 N–H and O–H groups in total. The van der Waals surface area contributed by atoms with Gasteiger partial charge in [-0.05, 0) is 43.7 Å². The van der Waals surface area contributed by atoms with Crippen LogP contribution in [0.4, 0.5) is 0 Å². The second-order valence-electron chi connectivity index (χ2n) is 3.51. The van der Waals surface area contributed by atoms with Gasteiger partial charge in [-0.3, -0.25) is 0 Å². The molecule has 3 heteroatoms. The number of benzene rings is 1. The molecule has 0 aliphatic carbocycles. The van der Waals surface area contributed by atoms with Gasteiger partial charge in [-0.15, -0.1) is 0 Å². The van der Waals surface area contributed by atoms with Crippen molar-refractivity contribution in [3.05, 3.63) is 47.3 Å². The average molecular weight is 197 g/mol. The molecule has 0 saturated heterocycles. The molecule has 0 aliphatic rings. The molecular weight excluding hydrogens is 186 g/mol. The Balaban J connectivity index is 2.51. The van der Waals surface area contributed by atoms with Crippen LogP contribution < -0.4 is 0 Å². The van der Waals surface area contributed by atoms with Gasteiger partial charge >= 0.3 is 0 Å². The molecule has 0 amide bonds. The standard InChI is InChI=1S/C12H11N3/c1-9-7-11(8-13)3-4-12(9)15-6-5-10(2)14-15/h3-7H,1-2H3. The van der Waals surface area contributed by atoms with Gasteiger partial charge in [0.05, 0.1) is 23.0 Å². The number of rotatable bonds is 1. The zero-order valence-electron chi connectivity index (χ0n) is 8.73. The van der Waals surface area contributed by atoms with Crippen molar-refractivity contribution < 1.29 is 0 Å². The van der Waals surface area contributed by atoms with Crippen molar-refractivity contribution in [3.8, 4) is 11.8 Å². The maximum atomic E-state index is 8.76. The predicted octanol–water partition coefficient (Wildman–Crippen LogP) is 2.36. The van der Waals surface area contributed by atoms with Gasteiger partial charge < -0.3 is 0 Å². The lowest BCUT2D eigenvalue weighted by Crippen LogP contribution is -1.98. The molecule has 0 saturated carbocycles. The zero-order valence-corrected chi connectivity index (χ0v) is 8.73. The molecule has 0 bridgehead atoms. The van der Waals surface area contributed by atoms with Gasteiger partial charge in [-0.25, -0.2) is 4.68 Å². The first-order valence-electron chi connectivity index (χ1n) is 4.74. The summed E-state index contributed by atoms with van der Waals surface area (Å²) in [4.78, 5) is 0. The first-order chi connectivity index (χ1) is 7.20. The van der Waals surface area contributed by atoms with Crippen LogP contribution in [-0.2, 0) is 0 Å². The van der Waals surface area contributed by atoms with Crippen LogP contribution in [0.1, 0.15) is 16.8 Å². The number of aryl methyl sites for hydroxylation is 2. The van der Waals surface area contributed by atoms with Gasteiger partial charge in [0, 0.05) is 6.20 Å². The highest BCUT2D eigenvalue weighted by Gasteiger charge is 2.02. The number of aromatic nitrogens is 2. The van der Waals surface area contributed by atoms with Gasteiger partial charge in [0.2, 0.25) is 0 Å². The van der Waals surface area contributed by atoms with Crippen molar-refractivity contribution in [2.24, 2.45) is 0 Å². The summed E-state index contributed by atoms with van der Waals surface area (Å²) in [6.07, 6.45) is 1.92. The van der Waals surface area contributed by atoms with E-state index < -0.39 is 0 Å². The van der Waals surface area contributed by atoms with Crippen molar-refractivity contribution in [3.63, 3.8) is 0 Å². The lowest BCUT2D eigenvalue weighted by Gasteiger charge is -2.05. The van der Waals surface area contributed by atoms with E-state index in [1.807, 2.05) is 42.9 Å². The Labute approximate surface area is 88.6 Å². The maximum absolute atomic E-state index is 8.76. The van der Waals surface area contributed by atoms with E-state index in [0.717, 1.165) is 16.9 Å². The Morgan fingerprint density at radius 3 is 2.60 bits per heavy atom. The second kappa shape index (κ2) is 3.58. The Bertz CT molecular complexity index is 532. The Kier molecular flexibility index (Phi) is 2.26. The first-order valence-corrected chi connectivity index (χ1v) is 4.74. The Morgan fingerprint density at radius 2 is 2.07 bits per heavy atom. The third-order valence-electron chi connectivity index (χ3n) is 2.30. The highest BCUT2D eigenvalue weighted by atomic mass is 15.3. The summed E-state index contributed by atoms with van der Waals surface area (Å²) in [5.74, 6) is 0. The third-order valence-corrected chi connectivity index (χ3v) is 2.30. The summed E-state index contributed by atoms with van der Waals surface area (Å²) in [6.45, 7) is 3.93. The predicted molar refractivity (Wildman–Crippen MR) is 57.8 cm³/mol. The lowest BCUT2D eigenvalue weighted by atomic mass is 10.1. The van der Waals surface area contributed by atoms with Crippen molar-refractivity contribution in [1.82, 2.24) is 9.78 Å². The van der Waals surface area contributed by atoms with E-state index in [4.69, 9.17) is 5.26 Å². The van der Waals surface area contributed by atoms with Gasteiger partial charge in [-0.2, -0.15) is 10.4 Å². The molecular formula is C12H11N3. The smallest absolute Gasteiger partial charge is 0.0991 e. The number of nitrogens with zero attached hydrogens (tertiary/aromatic N) is 3. The molecule has 0 spiro atoms. The summed E-state index contributed by atoms with van der Waals surface area (Å²) in [5.41, 5.74) is 3.73. The molecule has 2 rings (SSSR count). The molecule has 2 aromatic rings. The summed E-state index contributed by atoms with van der Waals surface area (Å²) in [7, 11) is 0. The van der Waals surface area contributed by atoms with E-state index in [0.29, 0.717) is 5.56 Å². The molecule has 74 valence electrons. The fraction of sp³-hybridized carbons (Fsp3) is 0.167. The van der Waals surface area contributed by atoms with E-state index in [-0.39, 0.29) is 0 Å². The van der Waals surface area contributed by atoms with Crippen LogP contribution in [0, 0.1) is 25.2 Å². The fourth-order valence-corrected chi connectivity index (χ4v) is 1.53. The molecule has 1 heterocycles. The molecule has 3 nitrogen and oxygen atoms in total. The van der Waals surface area contributed by atoms with Crippen molar-refractivity contribution >= 4 is 0 Å².